The number of anilines is 1. The lowest BCUT2D eigenvalue weighted by molar-refractivity contribution is 0.294. The normalized spacial score (nSPS) is 16.1. The van der Waals surface area contributed by atoms with Crippen LogP contribution in [0.3, 0.4) is 0 Å². The Labute approximate surface area is 127 Å². The van der Waals surface area contributed by atoms with Gasteiger partial charge >= 0.3 is 0 Å². The van der Waals surface area contributed by atoms with Gasteiger partial charge in [0.25, 0.3) is 0 Å². The van der Waals surface area contributed by atoms with E-state index in [9.17, 15) is 0 Å². The molecule has 2 heteroatoms. The number of nitrogen functional groups attached to an aromatic ring is 1. The van der Waals surface area contributed by atoms with E-state index >= 15 is 0 Å². The minimum atomic E-state index is 0.352. The molecule has 0 radical (unpaired) electrons. The Hall–Kier alpha value is -1.80. The van der Waals surface area contributed by atoms with Crippen LogP contribution in [0.1, 0.15) is 29.5 Å². The summed E-state index contributed by atoms with van der Waals surface area (Å²) in [6.07, 6.45) is 2.57. The Morgan fingerprint density at radius 3 is 2.33 bits per heavy atom. The minimum Gasteiger partial charge on any atom is -0.399 e. The predicted octanol–water partition coefficient (Wildman–Crippen LogP) is 3.74. The number of hydrogen-bond acceptors (Lipinski definition) is 2. The van der Waals surface area contributed by atoms with Gasteiger partial charge in [-0.15, -0.1) is 0 Å². The van der Waals surface area contributed by atoms with Gasteiger partial charge in [-0.3, -0.25) is 0 Å². The van der Waals surface area contributed by atoms with Crippen LogP contribution in [0.2, 0.25) is 0 Å². The van der Waals surface area contributed by atoms with E-state index in [-0.39, 0.29) is 0 Å². The van der Waals surface area contributed by atoms with Gasteiger partial charge in [-0.2, -0.15) is 0 Å². The molecule has 2 nitrogen and oxygen atoms in total. The number of nitrogens with two attached hydrogens (primary N) is 1. The summed E-state index contributed by atoms with van der Waals surface area (Å²) >= 11 is 0. The number of benzene rings is 2. The van der Waals surface area contributed by atoms with Crippen LogP contribution >= 0.6 is 0 Å². The maximum absolute atomic E-state index is 5.80. The van der Waals surface area contributed by atoms with Crippen molar-refractivity contribution in [2.75, 3.05) is 19.3 Å². The lowest BCUT2D eigenvalue weighted by atomic mass is 9.95. The number of aryl methyl sites for hydroxylation is 1. The van der Waals surface area contributed by atoms with Gasteiger partial charge in [0, 0.05) is 24.2 Å². The second-order valence-electron chi connectivity index (χ2n) is 6.50. The summed E-state index contributed by atoms with van der Waals surface area (Å²) in [6, 6.07) is 17.1. The Bertz CT molecular complexity index is 612. The summed E-state index contributed by atoms with van der Waals surface area (Å²) in [5.74, 6) is 0. The lowest BCUT2D eigenvalue weighted by Crippen LogP contribution is -2.29. The molecule has 1 aliphatic rings. The van der Waals surface area contributed by atoms with Crippen LogP contribution in [0.15, 0.2) is 48.5 Å². The maximum atomic E-state index is 5.80. The summed E-state index contributed by atoms with van der Waals surface area (Å²) in [5, 5.41) is 0. The van der Waals surface area contributed by atoms with Crippen molar-refractivity contribution >= 4 is 5.69 Å². The fourth-order valence-electron chi connectivity index (χ4n) is 3.18. The van der Waals surface area contributed by atoms with Crippen molar-refractivity contribution in [2.45, 2.75) is 31.7 Å². The van der Waals surface area contributed by atoms with Crippen molar-refractivity contribution in [3.05, 3.63) is 65.2 Å². The van der Waals surface area contributed by atoms with E-state index in [1.807, 2.05) is 12.1 Å². The van der Waals surface area contributed by atoms with Crippen LogP contribution < -0.4 is 5.73 Å². The highest BCUT2D eigenvalue weighted by Crippen LogP contribution is 2.48. The largest absolute Gasteiger partial charge is 0.399 e. The second kappa shape index (κ2) is 5.53. The average molecular weight is 280 g/mol. The monoisotopic (exact) mass is 280 g/mol. The third kappa shape index (κ3) is 3.11. The van der Waals surface area contributed by atoms with Gasteiger partial charge in [0.2, 0.25) is 0 Å². The molecular weight excluding hydrogens is 256 g/mol. The molecule has 1 aliphatic carbocycles. The van der Waals surface area contributed by atoms with Crippen molar-refractivity contribution in [2.24, 2.45) is 0 Å². The first-order chi connectivity index (χ1) is 10.1. The van der Waals surface area contributed by atoms with Crippen LogP contribution in [0, 0.1) is 6.92 Å². The van der Waals surface area contributed by atoms with Gasteiger partial charge in [-0.1, -0.05) is 36.4 Å². The van der Waals surface area contributed by atoms with Crippen molar-refractivity contribution < 1.29 is 0 Å². The molecule has 0 unspecified atom stereocenters. The van der Waals surface area contributed by atoms with Crippen molar-refractivity contribution in [1.82, 2.24) is 4.90 Å². The number of nitrogens with zero attached hydrogens (tertiary/aromatic N) is 1. The molecule has 0 aromatic heterocycles. The van der Waals surface area contributed by atoms with Gasteiger partial charge < -0.3 is 10.6 Å². The van der Waals surface area contributed by atoms with Crippen LogP contribution in [0.25, 0.3) is 0 Å². The van der Waals surface area contributed by atoms with E-state index in [1.54, 1.807) is 0 Å². The molecule has 0 saturated heterocycles. The van der Waals surface area contributed by atoms with E-state index in [1.165, 1.54) is 29.5 Å². The molecule has 0 bridgehead atoms. The SMILES string of the molecule is Cc1ccccc1CN(C)CC1(c2ccc(N)cc2)CC1. The zero-order valence-corrected chi connectivity index (χ0v) is 13.0. The maximum Gasteiger partial charge on any atom is 0.0314 e. The molecule has 0 atom stereocenters. The average Bonchev–Trinajstić information content (AvgIpc) is 3.23. The number of hydrogen-bond donors (Lipinski definition) is 1. The summed E-state index contributed by atoms with van der Waals surface area (Å²) < 4.78 is 0. The molecule has 2 aromatic rings. The Morgan fingerprint density at radius 1 is 1.05 bits per heavy atom. The fraction of sp³-hybridized carbons (Fsp3) is 0.368. The molecular formula is C19H24N2. The van der Waals surface area contributed by atoms with E-state index in [4.69, 9.17) is 5.73 Å². The van der Waals surface area contributed by atoms with Crippen LogP contribution in [-0.4, -0.2) is 18.5 Å². The quantitative estimate of drug-likeness (QED) is 0.845. The highest BCUT2D eigenvalue weighted by molar-refractivity contribution is 5.43. The van der Waals surface area contributed by atoms with Gasteiger partial charge in [0.1, 0.15) is 0 Å². The first-order valence-electron chi connectivity index (χ1n) is 7.68. The molecule has 0 spiro atoms. The Morgan fingerprint density at radius 2 is 1.71 bits per heavy atom. The number of likely N-dealkylation sites (N-methyl/N-ethyl adjacent to an activating group) is 1. The topological polar surface area (TPSA) is 29.3 Å². The fourth-order valence-corrected chi connectivity index (χ4v) is 3.18. The second-order valence-corrected chi connectivity index (χ2v) is 6.50. The molecule has 1 saturated carbocycles. The molecule has 21 heavy (non-hydrogen) atoms. The highest BCUT2D eigenvalue weighted by atomic mass is 15.1. The molecule has 2 N–H and O–H groups in total. The predicted molar refractivity (Wildman–Crippen MR) is 89.3 cm³/mol. The summed E-state index contributed by atoms with van der Waals surface area (Å²) in [4.78, 5) is 2.45. The Balaban J connectivity index is 1.68. The van der Waals surface area contributed by atoms with Gasteiger partial charge in [-0.05, 0) is 55.6 Å². The van der Waals surface area contributed by atoms with Gasteiger partial charge in [-0.25, -0.2) is 0 Å². The van der Waals surface area contributed by atoms with E-state index in [0.717, 1.165) is 18.8 Å². The van der Waals surface area contributed by atoms with E-state index in [2.05, 4.69) is 55.3 Å². The summed E-state index contributed by atoms with van der Waals surface area (Å²) in [5.41, 5.74) is 11.2. The van der Waals surface area contributed by atoms with Crippen LogP contribution in [0.4, 0.5) is 5.69 Å². The molecule has 0 heterocycles. The molecule has 1 fully saturated rings. The third-order valence-corrected chi connectivity index (χ3v) is 4.65. The van der Waals surface area contributed by atoms with Gasteiger partial charge in [0.05, 0.1) is 0 Å². The molecule has 0 amide bonds. The van der Waals surface area contributed by atoms with Crippen molar-refractivity contribution in [1.29, 1.82) is 0 Å². The third-order valence-electron chi connectivity index (χ3n) is 4.65. The van der Waals surface area contributed by atoms with Crippen LogP contribution in [0.5, 0.6) is 0 Å². The van der Waals surface area contributed by atoms with Crippen molar-refractivity contribution in [3.8, 4) is 0 Å². The first-order valence-corrected chi connectivity index (χ1v) is 7.68. The molecule has 0 aliphatic heterocycles. The summed E-state index contributed by atoms with van der Waals surface area (Å²) in [6.45, 7) is 4.32. The zero-order valence-electron chi connectivity index (χ0n) is 13.0. The van der Waals surface area contributed by atoms with E-state index < -0.39 is 0 Å². The standard InChI is InChI=1S/C19H24N2/c1-15-5-3-4-6-16(15)13-21(2)14-19(11-12-19)17-7-9-18(20)10-8-17/h3-10H,11-14,20H2,1-2H3. The lowest BCUT2D eigenvalue weighted by Gasteiger charge is -2.25. The first kappa shape index (κ1) is 14.2. The Kier molecular flexibility index (Phi) is 3.73. The molecule has 2 aromatic carbocycles. The van der Waals surface area contributed by atoms with Gasteiger partial charge in [0.15, 0.2) is 0 Å². The van der Waals surface area contributed by atoms with Crippen molar-refractivity contribution in [3.63, 3.8) is 0 Å². The highest BCUT2D eigenvalue weighted by Gasteiger charge is 2.44. The molecule has 110 valence electrons. The smallest absolute Gasteiger partial charge is 0.0314 e. The summed E-state index contributed by atoms with van der Waals surface area (Å²) in [7, 11) is 2.23. The van der Waals surface area contributed by atoms with E-state index in [0.29, 0.717) is 5.41 Å². The zero-order chi connectivity index (χ0) is 14.9. The van der Waals surface area contributed by atoms with Crippen LogP contribution in [-0.2, 0) is 12.0 Å². The molecule has 3 rings (SSSR count). The number of rotatable bonds is 5. The minimum absolute atomic E-state index is 0.352.